The second-order valence-electron chi connectivity index (χ2n) is 6.14. The molecule has 0 aliphatic heterocycles. The van der Waals surface area contributed by atoms with Crippen LogP contribution in [0.3, 0.4) is 0 Å². The van der Waals surface area contributed by atoms with E-state index in [0.717, 1.165) is 17.7 Å². The van der Waals surface area contributed by atoms with E-state index in [0.29, 0.717) is 35.6 Å². The lowest BCUT2D eigenvalue weighted by Gasteiger charge is -2.21. The monoisotopic (exact) mass is 428 g/mol. The summed E-state index contributed by atoms with van der Waals surface area (Å²) in [4.78, 5) is 26.0. The zero-order valence-corrected chi connectivity index (χ0v) is 16.8. The largest absolute Gasteiger partial charge is 0.352 e. The number of rotatable bonds is 8. The van der Waals surface area contributed by atoms with E-state index in [2.05, 4.69) is 5.32 Å². The molecule has 4 nitrogen and oxygen atoms in total. The number of hydrogen-bond acceptors (Lipinski definition) is 2. The average Bonchev–Trinajstić information content (AvgIpc) is 2.65. The maximum absolute atomic E-state index is 13.6. The van der Waals surface area contributed by atoms with Crippen LogP contribution < -0.4 is 5.32 Å². The number of carbonyl (C=O) groups excluding carboxylic acids is 2. The van der Waals surface area contributed by atoms with Gasteiger partial charge in [0.1, 0.15) is 11.6 Å². The van der Waals surface area contributed by atoms with Gasteiger partial charge >= 0.3 is 0 Å². The minimum atomic E-state index is -0.924. The topological polar surface area (TPSA) is 49.4 Å². The Morgan fingerprint density at radius 3 is 2.46 bits per heavy atom. The van der Waals surface area contributed by atoms with Crippen molar-refractivity contribution in [3.63, 3.8) is 0 Å². The highest BCUT2D eigenvalue weighted by Crippen LogP contribution is 2.23. The van der Waals surface area contributed by atoms with Crippen LogP contribution in [0.2, 0.25) is 10.0 Å². The van der Waals surface area contributed by atoms with Gasteiger partial charge in [0.05, 0.1) is 15.6 Å². The number of hydrogen-bond donors (Lipinski definition) is 1. The second-order valence-corrected chi connectivity index (χ2v) is 6.95. The van der Waals surface area contributed by atoms with Gasteiger partial charge in [0.25, 0.3) is 5.91 Å². The van der Waals surface area contributed by atoms with E-state index in [4.69, 9.17) is 23.2 Å². The van der Waals surface area contributed by atoms with Gasteiger partial charge in [-0.15, -0.1) is 0 Å². The van der Waals surface area contributed by atoms with Gasteiger partial charge in [-0.3, -0.25) is 9.59 Å². The molecular weight excluding hydrogens is 409 g/mol. The van der Waals surface area contributed by atoms with Crippen molar-refractivity contribution >= 4 is 35.0 Å². The Labute approximate surface area is 172 Å². The van der Waals surface area contributed by atoms with Gasteiger partial charge in [-0.1, -0.05) is 29.3 Å². The average molecular weight is 429 g/mol. The Hall–Kier alpha value is -2.18. The summed E-state index contributed by atoms with van der Waals surface area (Å²) in [5.74, 6) is -2.39. The third kappa shape index (κ3) is 6.17. The number of amides is 2. The molecule has 0 radical (unpaired) electrons. The summed E-state index contributed by atoms with van der Waals surface area (Å²) < 4.78 is 26.5. The van der Waals surface area contributed by atoms with Crippen LogP contribution in [0.25, 0.3) is 0 Å². The summed E-state index contributed by atoms with van der Waals surface area (Å²) in [6, 6.07) is 7.96. The first kappa shape index (κ1) is 22.1. The predicted octanol–water partition coefficient (Wildman–Crippen LogP) is 4.83. The van der Waals surface area contributed by atoms with Crippen LogP contribution in [0, 0.1) is 11.6 Å². The fourth-order valence-electron chi connectivity index (χ4n) is 2.60. The standard InChI is InChI=1S/C20H20Cl2F2N2O2/c1-2-26(12-13-5-8-16(21)17(22)10-13)19(27)4-3-9-25-20(28)15-7-6-14(23)11-18(15)24/h5-8,10-11H,2-4,9,12H2,1H3,(H,25,28). The Kier molecular flexibility index (Phi) is 8.20. The lowest BCUT2D eigenvalue weighted by atomic mass is 10.2. The molecule has 2 aromatic rings. The number of nitrogens with one attached hydrogen (secondary N) is 1. The summed E-state index contributed by atoms with van der Waals surface area (Å²) in [5, 5.41) is 3.41. The van der Waals surface area contributed by atoms with E-state index in [1.165, 1.54) is 0 Å². The van der Waals surface area contributed by atoms with Crippen LogP contribution in [0.1, 0.15) is 35.7 Å². The number of nitrogens with zero attached hydrogens (tertiary/aromatic N) is 1. The van der Waals surface area contributed by atoms with Gasteiger partial charge in [-0.25, -0.2) is 8.78 Å². The molecule has 0 saturated heterocycles. The first-order valence-electron chi connectivity index (χ1n) is 8.76. The van der Waals surface area contributed by atoms with Gasteiger partial charge in [-0.05, 0) is 43.2 Å². The number of benzene rings is 2. The normalized spacial score (nSPS) is 10.6. The molecule has 2 aromatic carbocycles. The molecule has 8 heteroatoms. The van der Waals surface area contributed by atoms with Crippen molar-refractivity contribution in [2.45, 2.75) is 26.3 Å². The summed E-state index contributed by atoms with van der Waals surface area (Å²) in [7, 11) is 0. The van der Waals surface area contributed by atoms with Crippen LogP contribution in [-0.4, -0.2) is 29.8 Å². The van der Waals surface area contributed by atoms with Crippen LogP contribution in [0.5, 0.6) is 0 Å². The highest BCUT2D eigenvalue weighted by molar-refractivity contribution is 6.42. The third-order valence-electron chi connectivity index (χ3n) is 4.12. The Balaban J connectivity index is 1.81. The first-order valence-corrected chi connectivity index (χ1v) is 9.52. The molecule has 0 unspecified atom stereocenters. The smallest absolute Gasteiger partial charge is 0.254 e. The molecule has 2 amide bonds. The Morgan fingerprint density at radius 2 is 1.82 bits per heavy atom. The highest BCUT2D eigenvalue weighted by Gasteiger charge is 2.14. The molecule has 0 saturated carbocycles. The lowest BCUT2D eigenvalue weighted by molar-refractivity contribution is -0.131. The van der Waals surface area contributed by atoms with E-state index in [-0.39, 0.29) is 24.4 Å². The van der Waals surface area contributed by atoms with Crippen molar-refractivity contribution < 1.29 is 18.4 Å². The van der Waals surface area contributed by atoms with Crippen molar-refractivity contribution in [2.24, 2.45) is 0 Å². The van der Waals surface area contributed by atoms with E-state index in [1.54, 1.807) is 17.0 Å². The number of carbonyl (C=O) groups is 2. The minimum absolute atomic E-state index is 0.0733. The molecule has 0 aliphatic rings. The fourth-order valence-corrected chi connectivity index (χ4v) is 2.92. The molecule has 0 spiro atoms. The van der Waals surface area contributed by atoms with Gasteiger partial charge in [-0.2, -0.15) is 0 Å². The second kappa shape index (κ2) is 10.4. The molecule has 0 aromatic heterocycles. The van der Waals surface area contributed by atoms with Crippen LogP contribution in [0.4, 0.5) is 8.78 Å². The van der Waals surface area contributed by atoms with Crippen molar-refractivity contribution in [2.75, 3.05) is 13.1 Å². The molecular formula is C20H20Cl2F2N2O2. The van der Waals surface area contributed by atoms with E-state index < -0.39 is 17.5 Å². The molecule has 0 heterocycles. The van der Waals surface area contributed by atoms with E-state index >= 15 is 0 Å². The summed E-state index contributed by atoms with van der Waals surface area (Å²) in [6.07, 6.45) is 0.618. The van der Waals surface area contributed by atoms with Gasteiger partial charge in [0, 0.05) is 32.1 Å². The molecule has 0 atom stereocenters. The van der Waals surface area contributed by atoms with Crippen molar-refractivity contribution in [3.05, 3.63) is 69.2 Å². The highest BCUT2D eigenvalue weighted by atomic mass is 35.5. The maximum Gasteiger partial charge on any atom is 0.254 e. The molecule has 1 N–H and O–H groups in total. The molecule has 150 valence electrons. The quantitative estimate of drug-likeness (QED) is 0.612. The molecule has 0 aliphatic carbocycles. The summed E-state index contributed by atoms with van der Waals surface area (Å²) >= 11 is 11.9. The van der Waals surface area contributed by atoms with Gasteiger partial charge < -0.3 is 10.2 Å². The van der Waals surface area contributed by atoms with Crippen LogP contribution >= 0.6 is 23.2 Å². The van der Waals surface area contributed by atoms with Gasteiger partial charge in [0.15, 0.2) is 0 Å². The van der Waals surface area contributed by atoms with E-state index in [1.807, 2.05) is 13.0 Å². The lowest BCUT2D eigenvalue weighted by Crippen LogP contribution is -2.31. The molecule has 0 bridgehead atoms. The minimum Gasteiger partial charge on any atom is -0.352 e. The Bertz CT molecular complexity index is 862. The number of halogens is 4. The molecule has 2 rings (SSSR count). The zero-order chi connectivity index (χ0) is 20.7. The van der Waals surface area contributed by atoms with E-state index in [9.17, 15) is 18.4 Å². The molecule has 0 fully saturated rings. The third-order valence-corrected chi connectivity index (χ3v) is 4.86. The van der Waals surface area contributed by atoms with Crippen LogP contribution in [-0.2, 0) is 11.3 Å². The Morgan fingerprint density at radius 1 is 1.07 bits per heavy atom. The predicted molar refractivity (Wildman–Crippen MR) is 105 cm³/mol. The van der Waals surface area contributed by atoms with Crippen LogP contribution in [0.15, 0.2) is 36.4 Å². The fraction of sp³-hybridized carbons (Fsp3) is 0.300. The van der Waals surface area contributed by atoms with Crippen molar-refractivity contribution in [3.8, 4) is 0 Å². The van der Waals surface area contributed by atoms with Crippen molar-refractivity contribution in [1.82, 2.24) is 10.2 Å². The van der Waals surface area contributed by atoms with Gasteiger partial charge in [0.2, 0.25) is 5.91 Å². The molecule has 28 heavy (non-hydrogen) atoms. The zero-order valence-electron chi connectivity index (χ0n) is 15.3. The SMILES string of the molecule is CCN(Cc1ccc(Cl)c(Cl)c1)C(=O)CCCNC(=O)c1ccc(F)cc1F. The first-order chi connectivity index (χ1) is 13.3. The van der Waals surface area contributed by atoms with Crippen molar-refractivity contribution in [1.29, 1.82) is 0 Å². The summed E-state index contributed by atoms with van der Waals surface area (Å²) in [6.45, 7) is 2.99. The maximum atomic E-state index is 13.6. The summed E-state index contributed by atoms with van der Waals surface area (Å²) in [5.41, 5.74) is 0.632.